The number of nitrogens with zero attached hydrogens (tertiary/aromatic N) is 2. The highest BCUT2D eigenvalue weighted by Crippen LogP contribution is 2.38. The van der Waals surface area contributed by atoms with Crippen LogP contribution in [0.25, 0.3) is 0 Å². The number of hydrogen-bond donors (Lipinski definition) is 1. The summed E-state index contributed by atoms with van der Waals surface area (Å²) in [5.74, 6) is 0.677. The molecule has 7 heteroatoms. The van der Waals surface area contributed by atoms with Gasteiger partial charge in [0.15, 0.2) is 9.84 Å². The zero-order valence-corrected chi connectivity index (χ0v) is 18.7. The first-order chi connectivity index (χ1) is 15.0. The first-order valence-corrected chi connectivity index (χ1v) is 13.0. The maximum Gasteiger partial charge on any atom is 0.255 e. The molecule has 2 aromatic rings. The lowest BCUT2D eigenvalue weighted by Gasteiger charge is -2.34. The molecule has 1 aliphatic carbocycles. The molecule has 1 aromatic heterocycles. The lowest BCUT2D eigenvalue weighted by molar-refractivity contribution is 0.0770. The smallest absolute Gasteiger partial charge is 0.255 e. The van der Waals surface area contributed by atoms with Gasteiger partial charge in [0, 0.05) is 31.2 Å². The minimum Gasteiger partial charge on any atom is -0.369 e. The van der Waals surface area contributed by atoms with Crippen molar-refractivity contribution in [1.29, 1.82) is 0 Å². The molecule has 0 bridgehead atoms. The van der Waals surface area contributed by atoms with E-state index in [1.54, 1.807) is 17.2 Å². The van der Waals surface area contributed by atoms with Crippen molar-refractivity contribution in [3.8, 4) is 0 Å². The van der Waals surface area contributed by atoms with Crippen LogP contribution < -0.4 is 5.32 Å². The standard InChI is InChI=1S/C24H31N3O3S/c28-23(27-14-16-31(29,30)17-15-27)20-10-11-22(25-18-20)26-19-24(12-6-1-2-7-13-24)21-8-4-3-5-9-21/h3-5,8-11,18H,1-2,6-7,12-17,19H2,(H,25,26). The Morgan fingerprint density at radius 3 is 2.26 bits per heavy atom. The van der Waals surface area contributed by atoms with E-state index in [-0.39, 0.29) is 35.9 Å². The molecule has 31 heavy (non-hydrogen) atoms. The van der Waals surface area contributed by atoms with Crippen LogP contribution in [0.1, 0.15) is 54.4 Å². The third kappa shape index (κ3) is 5.26. The molecular weight excluding hydrogens is 410 g/mol. The Morgan fingerprint density at radius 2 is 1.65 bits per heavy atom. The number of hydrogen-bond acceptors (Lipinski definition) is 5. The highest BCUT2D eigenvalue weighted by Gasteiger charge is 2.32. The van der Waals surface area contributed by atoms with Crippen LogP contribution in [0.4, 0.5) is 5.82 Å². The van der Waals surface area contributed by atoms with Crippen molar-refractivity contribution in [2.24, 2.45) is 0 Å². The molecule has 1 N–H and O–H groups in total. The van der Waals surface area contributed by atoms with E-state index in [4.69, 9.17) is 0 Å². The van der Waals surface area contributed by atoms with E-state index in [1.807, 2.05) is 6.07 Å². The van der Waals surface area contributed by atoms with Gasteiger partial charge in [-0.05, 0) is 30.5 Å². The number of carbonyl (C=O) groups excluding carboxylic acids is 1. The molecule has 1 aromatic carbocycles. The highest BCUT2D eigenvalue weighted by atomic mass is 32.2. The summed E-state index contributed by atoms with van der Waals surface area (Å²) in [6, 6.07) is 14.4. The van der Waals surface area contributed by atoms with Gasteiger partial charge in [0.05, 0.1) is 17.1 Å². The second kappa shape index (κ2) is 9.39. The SMILES string of the molecule is O=C(c1ccc(NCC2(c3ccccc3)CCCCCC2)nc1)N1CCS(=O)(=O)CC1. The molecule has 0 atom stereocenters. The number of sulfone groups is 1. The minimum absolute atomic E-state index is 0.0351. The summed E-state index contributed by atoms with van der Waals surface area (Å²) in [5, 5.41) is 3.52. The van der Waals surface area contributed by atoms with Crippen molar-refractivity contribution in [3.63, 3.8) is 0 Å². The molecular formula is C24H31N3O3S. The average molecular weight is 442 g/mol. The first kappa shape index (κ1) is 21.8. The lowest BCUT2D eigenvalue weighted by Crippen LogP contribution is -2.43. The Hall–Kier alpha value is -2.41. The number of rotatable bonds is 5. The highest BCUT2D eigenvalue weighted by molar-refractivity contribution is 7.91. The van der Waals surface area contributed by atoms with Crippen molar-refractivity contribution < 1.29 is 13.2 Å². The summed E-state index contributed by atoms with van der Waals surface area (Å²) in [4.78, 5) is 18.7. The number of pyridine rings is 1. The zero-order valence-electron chi connectivity index (χ0n) is 17.9. The molecule has 1 amide bonds. The van der Waals surface area contributed by atoms with Gasteiger partial charge in [0.25, 0.3) is 5.91 Å². The molecule has 0 unspecified atom stereocenters. The van der Waals surface area contributed by atoms with E-state index < -0.39 is 9.84 Å². The van der Waals surface area contributed by atoms with Gasteiger partial charge < -0.3 is 10.2 Å². The molecule has 1 saturated heterocycles. The van der Waals surface area contributed by atoms with Crippen LogP contribution in [0.15, 0.2) is 48.7 Å². The van der Waals surface area contributed by atoms with E-state index in [2.05, 4.69) is 40.6 Å². The Kier molecular flexibility index (Phi) is 6.60. The van der Waals surface area contributed by atoms with Gasteiger partial charge in [-0.2, -0.15) is 0 Å². The van der Waals surface area contributed by atoms with E-state index in [9.17, 15) is 13.2 Å². The maximum absolute atomic E-state index is 12.7. The van der Waals surface area contributed by atoms with Gasteiger partial charge in [-0.15, -0.1) is 0 Å². The molecule has 0 radical (unpaired) electrons. The summed E-state index contributed by atoms with van der Waals surface area (Å²) in [5.41, 5.74) is 1.99. The van der Waals surface area contributed by atoms with Gasteiger partial charge in [-0.25, -0.2) is 13.4 Å². The molecule has 1 aliphatic heterocycles. The second-order valence-electron chi connectivity index (χ2n) is 8.79. The summed E-state index contributed by atoms with van der Waals surface area (Å²) >= 11 is 0. The molecule has 2 fully saturated rings. The Bertz CT molecular complexity index is 968. The minimum atomic E-state index is -3.01. The molecule has 0 spiro atoms. The van der Waals surface area contributed by atoms with Crippen LogP contribution in [0.2, 0.25) is 0 Å². The summed E-state index contributed by atoms with van der Waals surface area (Å²) in [7, 11) is -3.01. The van der Waals surface area contributed by atoms with Gasteiger partial charge in [0.2, 0.25) is 0 Å². The fourth-order valence-electron chi connectivity index (χ4n) is 4.75. The van der Waals surface area contributed by atoms with Gasteiger partial charge in [0.1, 0.15) is 5.82 Å². The first-order valence-electron chi connectivity index (χ1n) is 11.2. The van der Waals surface area contributed by atoms with E-state index in [0.29, 0.717) is 5.56 Å². The summed E-state index contributed by atoms with van der Waals surface area (Å²) in [6.45, 7) is 1.32. The Labute approximate surface area is 185 Å². The molecule has 1 saturated carbocycles. The Balaban J connectivity index is 1.42. The molecule has 2 heterocycles. The van der Waals surface area contributed by atoms with Crippen molar-refractivity contribution in [1.82, 2.24) is 9.88 Å². The zero-order chi connectivity index (χ0) is 21.7. The van der Waals surface area contributed by atoms with Crippen LogP contribution in [0.5, 0.6) is 0 Å². The van der Waals surface area contributed by atoms with Crippen LogP contribution in [-0.2, 0) is 15.3 Å². The van der Waals surface area contributed by atoms with Crippen LogP contribution in [0, 0.1) is 0 Å². The lowest BCUT2D eigenvalue weighted by atomic mass is 9.74. The number of aromatic nitrogens is 1. The molecule has 6 nitrogen and oxygen atoms in total. The van der Waals surface area contributed by atoms with Crippen molar-refractivity contribution in [2.45, 2.75) is 43.9 Å². The number of anilines is 1. The van der Waals surface area contributed by atoms with Gasteiger partial charge in [-0.1, -0.05) is 56.0 Å². The van der Waals surface area contributed by atoms with E-state index in [1.165, 1.54) is 44.1 Å². The predicted octanol–water partition coefficient (Wildman–Crippen LogP) is 3.66. The second-order valence-corrected chi connectivity index (χ2v) is 11.1. The third-order valence-corrected chi connectivity index (χ3v) is 8.31. The number of benzene rings is 1. The van der Waals surface area contributed by atoms with E-state index in [0.717, 1.165) is 12.4 Å². The maximum atomic E-state index is 12.7. The van der Waals surface area contributed by atoms with Crippen LogP contribution >= 0.6 is 0 Å². The van der Waals surface area contributed by atoms with Crippen molar-refractivity contribution in [2.75, 3.05) is 36.5 Å². The predicted molar refractivity (Wildman–Crippen MR) is 123 cm³/mol. The quantitative estimate of drug-likeness (QED) is 0.717. The van der Waals surface area contributed by atoms with Crippen molar-refractivity contribution >= 4 is 21.6 Å². The molecule has 4 rings (SSSR count). The summed E-state index contributed by atoms with van der Waals surface area (Å²) < 4.78 is 23.2. The van der Waals surface area contributed by atoms with Crippen molar-refractivity contribution in [3.05, 3.63) is 59.8 Å². The number of nitrogens with one attached hydrogen (secondary N) is 1. The fourth-order valence-corrected chi connectivity index (χ4v) is 5.95. The molecule has 2 aliphatic rings. The third-order valence-electron chi connectivity index (χ3n) is 6.70. The Morgan fingerprint density at radius 1 is 0.968 bits per heavy atom. The topological polar surface area (TPSA) is 79.4 Å². The average Bonchev–Trinajstić information content (AvgIpc) is 3.05. The van der Waals surface area contributed by atoms with Crippen LogP contribution in [0.3, 0.4) is 0 Å². The normalized spacial score (nSPS) is 20.6. The molecule has 166 valence electrons. The number of amides is 1. The van der Waals surface area contributed by atoms with Crippen LogP contribution in [-0.4, -0.2) is 55.3 Å². The fraction of sp³-hybridized carbons (Fsp3) is 0.500. The van der Waals surface area contributed by atoms with E-state index >= 15 is 0 Å². The largest absolute Gasteiger partial charge is 0.369 e. The van der Waals surface area contributed by atoms with Gasteiger partial charge >= 0.3 is 0 Å². The monoisotopic (exact) mass is 441 g/mol. The summed E-state index contributed by atoms with van der Waals surface area (Å²) in [6.07, 6.45) is 8.99. The van der Waals surface area contributed by atoms with Gasteiger partial charge in [-0.3, -0.25) is 4.79 Å². The number of carbonyl (C=O) groups is 1.